The summed E-state index contributed by atoms with van der Waals surface area (Å²) in [7, 11) is 1.90. The third-order valence-electron chi connectivity index (χ3n) is 1.88. The van der Waals surface area contributed by atoms with E-state index < -0.39 is 11.7 Å². The summed E-state index contributed by atoms with van der Waals surface area (Å²) in [6, 6.07) is 1.92. The van der Waals surface area contributed by atoms with Gasteiger partial charge in [-0.25, -0.2) is 4.79 Å². The van der Waals surface area contributed by atoms with Gasteiger partial charge in [-0.2, -0.15) is 0 Å². The van der Waals surface area contributed by atoms with E-state index in [1.54, 1.807) is 0 Å². The summed E-state index contributed by atoms with van der Waals surface area (Å²) >= 11 is 1.48. The average Bonchev–Trinajstić information content (AvgIpc) is 2.63. The highest BCUT2D eigenvalue weighted by atomic mass is 32.1. The van der Waals surface area contributed by atoms with Gasteiger partial charge in [-0.05, 0) is 39.4 Å². The number of thiophene rings is 1. The Hall–Kier alpha value is -1.33. The summed E-state index contributed by atoms with van der Waals surface area (Å²) in [5, 5.41) is 8.52. The molecule has 0 unspecified atom stereocenters. The standard InChI is InChI=1S/C13H20N2O2S/c1-13(2,3)17-12(16)15-11-8-10(9-18-11)6-5-7-14-4/h5-6,8-9,14H,7H2,1-4H3,(H,15,16). The number of hydrogen-bond donors (Lipinski definition) is 2. The average molecular weight is 268 g/mol. The first-order valence-corrected chi connectivity index (χ1v) is 6.68. The zero-order valence-corrected chi connectivity index (χ0v) is 12.1. The van der Waals surface area contributed by atoms with Gasteiger partial charge in [0.1, 0.15) is 5.60 Å². The maximum atomic E-state index is 11.5. The van der Waals surface area contributed by atoms with Crippen molar-refractivity contribution in [3.63, 3.8) is 0 Å². The maximum absolute atomic E-state index is 11.5. The van der Waals surface area contributed by atoms with Gasteiger partial charge in [0.05, 0.1) is 5.00 Å². The molecule has 1 amide bonds. The summed E-state index contributed by atoms with van der Waals surface area (Å²) in [5.74, 6) is 0. The van der Waals surface area contributed by atoms with E-state index in [0.717, 1.165) is 17.1 Å². The maximum Gasteiger partial charge on any atom is 0.412 e. The smallest absolute Gasteiger partial charge is 0.412 e. The van der Waals surface area contributed by atoms with Gasteiger partial charge in [0.15, 0.2) is 0 Å². The molecule has 0 saturated carbocycles. The van der Waals surface area contributed by atoms with Crippen LogP contribution in [0.5, 0.6) is 0 Å². The Morgan fingerprint density at radius 2 is 2.22 bits per heavy atom. The highest BCUT2D eigenvalue weighted by Gasteiger charge is 2.16. The molecule has 2 N–H and O–H groups in total. The number of likely N-dealkylation sites (N-methyl/N-ethyl adjacent to an activating group) is 1. The van der Waals surface area contributed by atoms with Crippen molar-refractivity contribution in [2.45, 2.75) is 26.4 Å². The molecule has 0 bridgehead atoms. The zero-order chi connectivity index (χ0) is 13.6. The monoisotopic (exact) mass is 268 g/mol. The summed E-state index contributed by atoms with van der Waals surface area (Å²) in [5.41, 5.74) is 0.595. The molecule has 100 valence electrons. The molecule has 18 heavy (non-hydrogen) atoms. The molecular formula is C13H20N2O2S. The molecule has 0 aliphatic rings. The lowest BCUT2D eigenvalue weighted by atomic mass is 10.2. The number of nitrogens with one attached hydrogen (secondary N) is 2. The predicted molar refractivity (Wildman–Crippen MR) is 77.1 cm³/mol. The van der Waals surface area contributed by atoms with E-state index in [4.69, 9.17) is 4.74 Å². The van der Waals surface area contributed by atoms with Gasteiger partial charge in [-0.15, -0.1) is 11.3 Å². The van der Waals surface area contributed by atoms with Gasteiger partial charge < -0.3 is 10.1 Å². The number of rotatable bonds is 4. The second kappa shape index (κ2) is 6.56. The van der Waals surface area contributed by atoms with E-state index in [0.29, 0.717) is 0 Å². The molecule has 0 aliphatic heterocycles. The lowest BCUT2D eigenvalue weighted by molar-refractivity contribution is 0.0636. The van der Waals surface area contributed by atoms with Crippen LogP contribution in [0.15, 0.2) is 17.5 Å². The lowest BCUT2D eigenvalue weighted by Gasteiger charge is -2.19. The Labute approximate surface area is 112 Å². The molecule has 0 saturated heterocycles. The van der Waals surface area contributed by atoms with Crippen LogP contribution in [0.2, 0.25) is 0 Å². The molecule has 0 atom stereocenters. The van der Waals surface area contributed by atoms with Crippen LogP contribution in [0.1, 0.15) is 26.3 Å². The minimum atomic E-state index is -0.475. The first-order chi connectivity index (χ1) is 8.40. The second-order valence-electron chi connectivity index (χ2n) is 4.83. The van der Waals surface area contributed by atoms with Crippen LogP contribution >= 0.6 is 11.3 Å². The van der Waals surface area contributed by atoms with Gasteiger partial charge >= 0.3 is 6.09 Å². The summed E-state index contributed by atoms with van der Waals surface area (Å²) in [4.78, 5) is 11.5. The van der Waals surface area contributed by atoms with Gasteiger partial charge in [-0.3, -0.25) is 5.32 Å². The van der Waals surface area contributed by atoms with Gasteiger partial charge in [0.2, 0.25) is 0 Å². The van der Waals surface area contributed by atoms with Crippen LogP contribution in [0, 0.1) is 0 Å². The predicted octanol–water partition coefficient (Wildman–Crippen LogP) is 3.33. The van der Waals surface area contributed by atoms with Crippen LogP contribution in [0.3, 0.4) is 0 Å². The van der Waals surface area contributed by atoms with Gasteiger partial charge in [-0.1, -0.05) is 12.2 Å². The summed E-state index contributed by atoms with van der Waals surface area (Å²) < 4.78 is 5.18. The molecule has 0 radical (unpaired) electrons. The fourth-order valence-electron chi connectivity index (χ4n) is 1.22. The number of amides is 1. The first-order valence-electron chi connectivity index (χ1n) is 5.80. The molecule has 0 aromatic carbocycles. The van der Waals surface area contributed by atoms with Crippen molar-refractivity contribution in [3.8, 4) is 0 Å². The van der Waals surface area contributed by atoms with Crippen LogP contribution in [-0.4, -0.2) is 25.3 Å². The minimum absolute atomic E-state index is 0.421. The van der Waals surface area contributed by atoms with Crippen molar-refractivity contribution in [1.29, 1.82) is 0 Å². The fraction of sp³-hybridized carbons (Fsp3) is 0.462. The Bertz CT molecular complexity index is 419. The molecule has 4 nitrogen and oxygen atoms in total. The van der Waals surface area contributed by atoms with E-state index >= 15 is 0 Å². The third kappa shape index (κ3) is 5.84. The van der Waals surface area contributed by atoms with Crippen molar-refractivity contribution < 1.29 is 9.53 Å². The third-order valence-corrected chi connectivity index (χ3v) is 2.74. The molecule has 1 aromatic rings. The molecule has 0 aliphatic carbocycles. The number of ether oxygens (including phenoxy) is 1. The molecule has 0 spiro atoms. The van der Waals surface area contributed by atoms with Crippen LogP contribution in [0.25, 0.3) is 6.08 Å². The molecule has 1 rings (SSSR count). The topological polar surface area (TPSA) is 50.4 Å². The van der Waals surface area contributed by atoms with Gasteiger partial charge in [0.25, 0.3) is 0 Å². The van der Waals surface area contributed by atoms with E-state index in [2.05, 4.69) is 10.6 Å². The molecule has 1 heterocycles. The van der Waals surface area contributed by atoms with E-state index in [1.165, 1.54) is 11.3 Å². The van der Waals surface area contributed by atoms with E-state index in [9.17, 15) is 4.79 Å². The number of hydrogen-bond acceptors (Lipinski definition) is 4. The largest absolute Gasteiger partial charge is 0.444 e. The molecule has 5 heteroatoms. The molecular weight excluding hydrogens is 248 g/mol. The van der Waals surface area contributed by atoms with Crippen molar-refractivity contribution in [2.75, 3.05) is 18.9 Å². The highest BCUT2D eigenvalue weighted by molar-refractivity contribution is 7.14. The number of anilines is 1. The minimum Gasteiger partial charge on any atom is -0.444 e. The van der Waals surface area contributed by atoms with Gasteiger partial charge in [0, 0.05) is 11.9 Å². The fourth-order valence-corrected chi connectivity index (χ4v) is 1.98. The summed E-state index contributed by atoms with van der Waals surface area (Å²) in [6.07, 6.45) is 3.61. The molecule has 1 aromatic heterocycles. The van der Waals surface area contributed by atoms with Crippen LogP contribution in [-0.2, 0) is 4.74 Å². The lowest BCUT2D eigenvalue weighted by Crippen LogP contribution is -2.26. The normalized spacial score (nSPS) is 11.8. The van der Waals surface area contributed by atoms with Crippen molar-refractivity contribution in [2.24, 2.45) is 0 Å². The van der Waals surface area contributed by atoms with Crippen LogP contribution in [0.4, 0.5) is 9.80 Å². The van der Waals surface area contributed by atoms with E-state index in [-0.39, 0.29) is 0 Å². The van der Waals surface area contributed by atoms with Crippen molar-refractivity contribution in [3.05, 3.63) is 23.1 Å². The van der Waals surface area contributed by atoms with Crippen molar-refractivity contribution in [1.82, 2.24) is 5.32 Å². The van der Waals surface area contributed by atoms with Crippen molar-refractivity contribution >= 4 is 28.5 Å². The molecule has 0 fully saturated rings. The first kappa shape index (κ1) is 14.7. The zero-order valence-electron chi connectivity index (χ0n) is 11.2. The summed E-state index contributed by atoms with van der Waals surface area (Å²) in [6.45, 7) is 6.34. The Morgan fingerprint density at radius 3 is 2.83 bits per heavy atom. The van der Waals surface area contributed by atoms with E-state index in [1.807, 2.05) is 51.4 Å². The quantitative estimate of drug-likeness (QED) is 0.880. The Balaban J connectivity index is 2.51. The SMILES string of the molecule is CNCC=Cc1csc(NC(=O)OC(C)(C)C)c1. The highest BCUT2D eigenvalue weighted by Crippen LogP contribution is 2.22. The Kier molecular flexibility index (Phi) is 5.37. The number of carbonyl (C=O) groups excluding carboxylic acids is 1. The number of carbonyl (C=O) groups is 1. The Morgan fingerprint density at radius 1 is 1.50 bits per heavy atom. The van der Waals surface area contributed by atoms with Crippen LogP contribution < -0.4 is 10.6 Å². The second-order valence-corrected chi connectivity index (χ2v) is 5.74.